The second-order valence-corrected chi connectivity index (χ2v) is 14.7. The van der Waals surface area contributed by atoms with Crippen LogP contribution in [0, 0.1) is 0 Å². The van der Waals surface area contributed by atoms with Crippen molar-refractivity contribution in [2.45, 2.75) is 97.2 Å². The molecule has 0 saturated carbocycles. The Labute approximate surface area is 211 Å². The van der Waals surface area contributed by atoms with E-state index in [0.717, 1.165) is 0 Å². The van der Waals surface area contributed by atoms with Crippen LogP contribution in [-0.4, -0.2) is 105 Å². The second kappa shape index (κ2) is 14.6. The van der Waals surface area contributed by atoms with E-state index >= 15 is 0 Å². The molecule has 0 aromatic rings. The van der Waals surface area contributed by atoms with E-state index in [-0.39, 0.29) is 32.1 Å². The van der Waals surface area contributed by atoms with Crippen molar-refractivity contribution in [3.8, 4) is 0 Å². The van der Waals surface area contributed by atoms with Gasteiger partial charge in [-0.3, -0.25) is 0 Å². The number of hydrogen-bond donors (Lipinski definition) is 5. The van der Waals surface area contributed by atoms with Crippen molar-refractivity contribution >= 4 is 49.3 Å². The third-order valence-electron chi connectivity index (χ3n) is 4.73. The molecule has 0 saturated heterocycles. The van der Waals surface area contributed by atoms with Gasteiger partial charge in [-0.25, -0.2) is 0 Å². The standard InChI is InChI=1S/5C4H7O3.Sb/c5*1-2-3(5)4(6)7;/h5*3H,2H2,1H3,(H,6,7);/q5*-1;+5. The first kappa shape index (κ1) is 34.0. The maximum atomic E-state index is 11.9. The van der Waals surface area contributed by atoms with Crippen LogP contribution in [0.3, 0.4) is 0 Å². The molecule has 5 N–H and O–H groups in total. The summed E-state index contributed by atoms with van der Waals surface area (Å²) in [6.07, 6.45) is -11.5. The van der Waals surface area contributed by atoms with Gasteiger partial charge in [0.25, 0.3) is 0 Å². The van der Waals surface area contributed by atoms with Gasteiger partial charge in [0.05, 0.1) is 0 Å². The van der Waals surface area contributed by atoms with Crippen molar-refractivity contribution < 1.29 is 64.6 Å². The topological polar surface area (TPSA) is 233 Å². The van der Waals surface area contributed by atoms with Gasteiger partial charge in [0, 0.05) is 0 Å². The van der Waals surface area contributed by atoms with Crippen LogP contribution in [-0.2, 0) is 39.0 Å². The van der Waals surface area contributed by atoms with Crippen LogP contribution < -0.4 is 0 Å². The number of carboxylic acid groups (broad SMARTS) is 5. The zero-order chi connectivity index (χ0) is 28.3. The molecule has 0 fully saturated rings. The van der Waals surface area contributed by atoms with Crippen LogP contribution in [0.5, 0.6) is 0 Å². The summed E-state index contributed by atoms with van der Waals surface area (Å²) < 4.78 is 28.1. The van der Waals surface area contributed by atoms with E-state index in [1.807, 2.05) is 0 Å². The zero-order valence-electron chi connectivity index (χ0n) is 20.7. The fourth-order valence-corrected chi connectivity index (χ4v) is 13.5. The van der Waals surface area contributed by atoms with Gasteiger partial charge in [-0.1, -0.05) is 0 Å². The Kier molecular flexibility index (Phi) is 13.8. The molecule has 0 radical (unpaired) electrons. The Balaban J connectivity index is 7.70. The molecule has 0 aliphatic carbocycles. The van der Waals surface area contributed by atoms with Crippen LogP contribution in [0.15, 0.2) is 0 Å². The molecular weight excluding hydrogens is 602 g/mol. The summed E-state index contributed by atoms with van der Waals surface area (Å²) in [5.74, 6) is -8.29. The fraction of sp³-hybridized carbons (Fsp3) is 0.750. The zero-order valence-corrected chi connectivity index (χ0v) is 23.2. The summed E-state index contributed by atoms with van der Waals surface area (Å²) >= 11 is -7.65. The Morgan fingerprint density at radius 2 is 0.583 bits per heavy atom. The van der Waals surface area contributed by atoms with Gasteiger partial charge in [-0.05, 0) is 0 Å². The molecule has 5 atom stereocenters. The van der Waals surface area contributed by atoms with Gasteiger partial charge >= 0.3 is 211 Å². The molecule has 0 aromatic heterocycles. The molecule has 0 aliphatic rings. The summed E-state index contributed by atoms with van der Waals surface area (Å²) in [7, 11) is 0. The van der Waals surface area contributed by atoms with Crippen molar-refractivity contribution in [1.82, 2.24) is 0 Å². The molecule has 15 nitrogen and oxygen atoms in total. The molecule has 0 bridgehead atoms. The summed E-state index contributed by atoms with van der Waals surface area (Å²) in [5.41, 5.74) is 0. The number of carboxylic acids is 5. The molecule has 210 valence electrons. The van der Waals surface area contributed by atoms with Crippen LogP contribution in [0.2, 0.25) is 0 Å². The molecule has 16 heteroatoms. The van der Waals surface area contributed by atoms with E-state index in [1.54, 1.807) is 0 Å². The first-order valence-corrected chi connectivity index (χ1v) is 16.5. The van der Waals surface area contributed by atoms with Crippen molar-refractivity contribution in [1.29, 1.82) is 0 Å². The Morgan fingerprint density at radius 1 is 0.444 bits per heavy atom. The average Bonchev–Trinajstić information content (AvgIpc) is 2.81. The second-order valence-electron chi connectivity index (χ2n) is 7.45. The van der Waals surface area contributed by atoms with Gasteiger partial charge in [-0.2, -0.15) is 0 Å². The third-order valence-corrected chi connectivity index (χ3v) is 13.3. The number of aliphatic carboxylic acids is 5. The molecule has 0 heterocycles. The summed E-state index contributed by atoms with van der Waals surface area (Å²) in [6.45, 7) is 6.64. The van der Waals surface area contributed by atoms with Crippen molar-refractivity contribution in [3.63, 3.8) is 0 Å². The summed E-state index contributed by atoms with van der Waals surface area (Å²) in [4.78, 5) is 59.6. The van der Waals surface area contributed by atoms with E-state index in [9.17, 15) is 49.5 Å². The van der Waals surface area contributed by atoms with Crippen LogP contribution >= 0.6 is 0 Å². The van der Waals surface area contributed by atoms with Gasteiger partial charge in [0.1, 0.15) is 0 Å². The Hall–Kier alpha value is -2.03. The third kappa shape index (κ3) is 9.12. The number of carbonyl (C=O) groups is 5. The van der Waals surface area contributed by atoms with Crippen LogP contribution in [0.1, 0.15) is 66.7 Å². The summed E-state index contributed by atoms with van der Waals surface area (Å²) in [5, 5.41) is 48.4. The van der Waals surface area contributed by atoms with Crippen LogP contribution in [0.25, 0.3) is 0 Å². The molecule has 36 heavy (non-hydrogen) atoms. The normalized spacial score (nSPS) is 17.1. The van der Waals surface area contributed by atoms with Crippen molar-refractivity contribution in [2.75, 3.05) is 0 Å². The first-order chi connectivity index (χ1) is 16.6. The molecule has 5 unspecified atom stereocenters. The van der Waals surface area contributed by atoms with Gasteiger partial charge in [0.2, 0.25) is 0 Å². The quantitative estimate of drug-likeness (QED) is 0.118. The SMILES string of the molecule is CCC([O][Sb]([O]C(CC)C(=O)O)([O]C(CC)C(=O)O)([O]C(CC)C(=O)O)[O]C(CC)C(=O)O)C(=O)O. The minimum atomic E-state index is -7.65. The van der Waals surface area contributed by atoms with Crippen LogP contribution in [0.4, 0.5) is 0 Å². The molecule has 0 amide bonds. The maximum absolute atomic E-state index is 11.9. The fourth-order valence-electron chi connectivity index (χ4n) is 2.76. The number of rotatable bonds is 20. The van der Waals surface area contributed by atoms with Gasteiger partial charge in [0.15, 0.2) is 0 Å². The van der Waals surface area contributed by atoms with E-state index in [4.69, 9.17) is 15.1 Å². The predicted octanol–water partition coefficient (Wildman–Crippen LogP) is 1.27. The monoisotopic (exact) mass is 636 g/mol. The summed E-state index contributed by atoms with van der Waals surface area (Å²) in [6, 6.07) is 0. The molecule has 0 spiro atoms. The van der Waals surface area contributed by atoms with E-state index in [0.29, 0.717) is 0 Å². The molecular formula is C20H35O15Sb. The van der Waals surface area contributed by atoms with E-state index in [1.165, 1.54) is 34.6 Å². The first-order valence-electron chi connectivity index (χ1n) is 11.3. The Bertz CT molecular complexity index is 643. The molecule has 0 rings (SSSR count). The molecule has 0 aromatic carbocycles. The minimum absolute atomic E-state index is 0.349. The van der Waals surface area contributed by atoms with E-state index in [2.05, 4.69) is 0 Å². The van der Waals surface area contributed by atoms with Gasteiger partial charge < -0.3 is 0 Å². The Morgan fingerprint density at radius 3 is 0.667 bits per heavy atom. The van der Waals surface area contributed by atoms with Crippen molar-refractivity contribution in [3.05, 3.63) is 0 Å². The molecule has 0 aliphatic heterocycles. The van der Waals surface area contributed by atoms with E-state index < -0.39 is 79.9 Å². The number of hydrogen-bond acceptors (Lipinski definition) is 10. The average molecular weight is 637 g/mol. The van der Waals surface area contributed by atoms with Crippen molar-refractivity contribution in [2.24, 2.45) is 0 Å². The van der Waals surface area contributed by atoms with Gasteiger partial charge in [-0.15, -0.1) is 0 Å². The predicted molar refractivity (Wildman–Crippen MR) is 120 cm³/mol.